The summed E-state index contributed by atoms with van der Waals surface area (Å²) in [5.74, 6) is 0. The summed E-state index contributed by atoms with van der Waals surface area (Å²) in [5.41, 5.74) is 0. The molecule has 0 saturated heterocycles. The van der Waals surface area contributed by atoms with Crippen LogP contribution in [0.25, 0.3) is 0 Å². The minimum atomic E-state index is -0.373. The smallest absolute Gasteiger partial charge is 0.0897 e. The average Bonchev–Trinajstić information content (AvgIpc) is 2.84. The lowest BCUT2D eigenvalue weighted by Gasteiger charge is -2.16. The van der Waals surface area contributed by atoms with Crippen molar-refractivity contribution in [2.75, 3.05) is 19.8 Å². The lowest BCUT2D eigenvalue weighted by Crippen LogP contribution is -2.36. The lowest BCUT2D eigenvalue weighted by molar-refractivity contribution is 0.0343. The summed E-state index contributed by atoms with van der Waals surface area (Å²) in [6, 6.07) is 0.522. The van der Waals surface area contributed by atoms with Crippen molar-refractivity contribution in [3.05, 3.63) is 12.2 Å². The third-order valence-corrected chi connectivity index (χ3v) is 3.10. The maximum absolute atomic E-state index is 9.70. The van der Waals surface area contributed by atoms with E-state index < -0.39 is 0 Å². The standard InChI is InChI=1S/C14H27NO2/c1-2-3-4-7-10-17-12-14(16)11-15-13-8-5-6-9-13/h5-6,13-16H,2-4,7-12H2,1H3. The molecule has 1 aliphatic rings. The molecule has 0 spiro atoms. The molecular weight excluding hydrogens is 214 g/mol. The quantitative estimate of drug-likeness (QED) is 0.455. The maximum atomic E-state index is 9.70. The Hall–Kier alpha value is -0.380. The highest BCUT2D eigenvalue weighted by molar-refractivity contribution is 4.97. The topological polar surface area (TPSA) is 41.5 Å². The fourth-order valence-electron chi connectivity index (χ4n) is 2.00. The highest BCUT2D eigenvalue weighted by Crippen LogP contribution is 2.08. The Balaban J connectivity index is 1.85. The molecule has 3 nitrogen and oxygen atoms in total. The van der Waals surface area contributed by atoms with Crippen molar-refractivity contribution in [2.24, 2.45) is 0 Å². The van der Waals surface area contributed by atoms with Gasteiger partial charge in [0.2, 0.25) is 0 Å². The molecule has 0 aromatic carbocycles. The minimum Gasteiger partial charge on any atom is -0.389 e. The van der Waals surface area contributed by atoms with E-state index in [-0.39, 0.29) is 6.10 Å². The van der Waals surface area contributed by atoms with Crippen LogP contribution in [0.2, 0.25) is 0 Å². The zero-order valence-corrected chi connectivity index (χ0v) is 11.0. The van der Waals surface area contributed by atoms with E-state index in [4.69, 9.17) is 4.74 Å². The fraction of sp³-hybridized carbons (Fsp3) is 0.857. The van der Waals surface area contributed by atoms with Crippen LogP contribution in [-0.2, 0) is 4.74 Å². The third kappa shape index (κ3) is 7.53. The first-order chi connectivity index (χ1) is 8.33. The van der Waals surface area contributed by atoms with Crippen LogP contribution >= 0.6 is 0 Å². The normalized spacial score (nSPS) is 17.8. The first-order valence-corrected chi connectivity index (χ1v) is 6.97. The Morgan fingerprint density at radius 1 is 1.29 bits per heavy atom. The molecule has 3 heteroatoms. The molecule has 0 fully saturated rings. The molecule has 17 heavy (non-hydrogen) atoms. The molecule has 0 aliphatic heterocycles. The number of hydrogen-bond donors (Lipinski definition) is 2. The van der Waals surface area contributed by atoms with Gasteiger partial charge in [0.15, 0.2) is 0 Å². The molecule has 1 atom stereocenters. The second kappa shape index (κ2) is 9.63. The number of aliphatic hydroxyl groups excluding tert-OH is 1. The first-order valence-electron chi connectivity index (χ1n) is 6.97. The Morgan fingerprint density at radius 3 is 2.76 bits per heavy atom. The van der Waals surface area contributed by atoms with Crippen molar-refractivity contribution in [3.63, 3.8) is 0 Å². The van der Waals surface area contributed by atoms with Crippen LogP contribution in [0.15, 0.2) is 12.2 Å². The van der Waals surface area contributed by atoms with Gasteiger partial charge in [-0.1, -0.05) is 38.3 Å². The van der Waals surface area contributed by atoms with Gasteiger partial charge in [0.1, 0.15) is 0 Å². The van der Waals surface area contributed by atoms with Crippen molar-refractivity contribution < 1.29 is 9.84 Å². The minimum absolute atomic E-state index is 0.373. The zero-order valence-electron chi connectivity index (χ0n) is 11.0. The van der Waals surface area contributed by atoms with Gasteiger partial charge in [-0.2, -0.15) is 0 Å². The van der Waals surface area contributed by atoms with Gasteiger partial charge in [0.05, 0.1) is 12.7 Å². The van der Waals surface area contributed by atoms with Gasteiger partial charge < -0.3 is 15.2 Å². The highest BCUT2D eigenvalue weighted by Gasteiger charge is 2.11. The molecule has 1 unspecified atom stereocenters. The van der Waals surface area contributed by atoms with Gasteiger partial charge in [-0.25, -0.2) is 0 Å². The number of aliphatic hydroxyl groups is 1. The van der Waals surface area contributed by atoms with Crippen molar-refractivity contribution in [1.29, 1.82) is 0 Å². The summed E-state index contributed by atoms with van der Waals surface area (Å²) in [4.78, 5) is 0. The molecule has 0 bridgehead atoms. The SMILES string of the molecule is CCCCCCOCC(O)CNC1CC=CC1. The van der Waals surface area contributed by atoms with Crippen molar-refractivity contribution in [3.8, 4) is 0 Å². The number of ether oxygens (including phenoxy) is 1. The summed E-state index contributed by atoms with van der Waals surface area (Å²) in [6.45, 7) is 4.08. The molecule has 0 aromatic rings. The summed E-state index contributed by atoms with van der Waals surface area (Å²) in [6.07, 6.45) is 11.1. The molecule has 1 rings (SSSR count). The van der Waals surface area contributed by atoms with Gasteiger partial charge in [-0.15, -0.1) is 0 Å². The molecule has 0 amide bonds. The number of rotatable bonds is 10. The summed E-state index contributed by atoms with van der Waals surface area (Å²) < 4.78 is 5.45. The van der Waals surface area contributed by atoms with Crippen LogP contribution in [0.3, 0.4) is 0 Å². The maximum Gasteiger partial charge on any atom is 0.0897 e. The van der Waals surface area contributed by atoms with Crippen LogP contribution in [0.1, 0.15) is 45.4 Å². The molecule has 0 aromatic heterocycles. The Kier molecular flexibility index (Phi) is 8.32. The van der Waals surface area contributed by atoms with Crippen LogP contribution in [0.5, 0.6) is 0 Å². The molecule has 0 radical (unpaired) electrons. The second-order valence-electron chi connectivity index (χ2n) is 4.84. The predicted octanol–water partition coefficient (Wildman–Crippen LogP) is 2.25. The summed E-state index contributed by atoms with van der Waals surface area (Å²) in [7, 11) is 0. The molecular formula is C14H27NO2. The molecule has 0 heterocycles. The van der Waals surface area contributed by atoms with E-state index in [1.54, 1.807) is 0 Å². The Morgan fingerprint density at radius 2 is 2.06 bits per heavy atom. The van der Waals surface area contributed by atoms with E-state index in [1.165, 1.54) is 19.3 Å². The van der Waals surface area contributed by atoms with E-state index in [9.17, 15) is 5.11 Å². The van der Waals surface area contributed by atoms with Gasteiger partial charge in [-0.3, -0.25) is 0 Å². The van der Waals surface area contributed by atoms with Gasteiger partial charge in [0, 0.05) is 19.2 Å². The molecule has 1 aliphatic carbocycles. The Bertz CT molecular complexity index is 198. The third-order valence-electron chi connectivity index (χ3n) is 3.10. The van der Waals surface area contributed by atoms with Gasteiger partial charge >= 0.3 is 0 Å². The number of nitrogens with one attached hydrogen (secondary N) is 1. The van der Waals surface area contributed by atoms with E-state index in [0.29, 0.717) is 19.2 Å². The van der Waals surface area contributed by atoms with Crippen LogP contribution < -0.4 is 5.32 Å². The van der Waals surface area contributed by atoms with Crippen molar-refractivity contribution in [1.82, 2.24) is 5.32 Å². The number of hydrogen-bond acceptors (Lipinski definition) is 3. The lowest BCUT2D eigenvalue weighted by atomic mass is 10.2. The Labute approximate surface area is 105 Å². The molecule has 0 saturated carbocycles. The van der Waals surface area contributed by atoms with Crippen molar-refractivity contribution in [2.45, 2.75) is 57.6 Å². The van der Waals surface area contributed by atoms with E-state index in [2.05, 4.69) is 24.4 Å². The van der Waals surface area contributed by atoms with Gasteiger partial charge in [0.25, 0.3) is 0 Å². The van der Waals surface area contributed by atoms with Crippen LogP contribution in [0, 0.1) is 0 Å². The monoisotopic (exact) mass is 241 g/mol. The highest BCUT2D eigenvalue weighted by atomic mass is 16.5. The average molecular weight is 241 g/mol. The number of unbranched alkanes of at least 4 members (excludes halogenated alkanes) is 3. The van der Waals surface area contributed by atoms with Crippen LogP contribution in [-0.4, -0.2) is 37.0 Å². The molecule has 2 N–H and O–H groups in total. The van der Waals surface area contributed by atoms with E-state index >= 15 is 0 Å². The zero-order chi connectivity index (χ0) is 12.3. The second-order valence-corrected chi connectivity index (χ2v) is 4.84. The summed E-state index contributed by atoms with van der Waals surface area (Å²) in [5, 5.41) is 13.1. The predicted molar refractivity (Wildman–Crippen MR) is 71.1 cm³/mol. The van der Waals surface area contributed by atoms with Gasteiger partial charge in [-0.05, 0) is 19.3 Å². The van der Waals surface area contributed by atoms with E-state index in [1.807, 2.05) is 0 Å². The molecule has 100 valence electrons. The van der Waals surface area contributed by atoms with Crippen LogP contribution in [0.4, 0.5) is 0 Å². The first kappa shape index (κ1) is 14.7. The fourth-order valence-corrected chi connectivity index (χ4v) is 2.00. The summed E-state index contributed by atoms with van der Waals surface area (Å²) >= 11 is 0. The largest absolute Gasteiger partial charge is 0.389 e. The van der Waals surface area contributed by atoms with E-state index in [0.717, 1.165) is 25.9 Å². The van der Waals surface area contributed by atoms with Crippen molar-refractivity contribution >= 4 is 0 Å².